The van der Waals surface area contributed by atoms with Crippen molar-refractivity contribution in [3.63, 3.8) is 0 Å². The molecule has 3 nitrogen and oxygen atoms in total. The van der Waals surface area contributed by atoms with Crippen LogP contribution in [0.15, 0.2) is 18.2 Å². The number of carbonyl (C=O) groups is 1. The van der Waals surface area contributed by atoms with Gasteiger partial charge in [0.15, 0.2) is 0 Å². The van der Waals surface area contributed by atoms with Crippen LogP contribution in [0, 0.1) is 13.8 Å². The molecule has 0 aliphatic heterocycles. The fourth-order valence-electron chi connectivity index (χ4n) is 1.61. The summed E-state index contributed by atoms with van der Waals surface area (Å²) in [5.41, 5.74) is 9.26. The monoisotopic (exact) mass is 256 g/mol. The minimum absolute atomic E-state index is 0. The van der Waals surface area contributed by atoms with Crippen molar-refractivity contribution in [3.05, 3.63) is 34.9 Å². The lowest BCUT2D eigenvalue weighted by atomic mass is 10.0. The Bertz CT molecular complexity index is 378. The predicted molar refractivity (Wildman–Crippen MR) is 73.5 cm³/mol. The van der Waals surface area contributed by atoms with Gasteiger partial charge in [0.2, 0.25) is 5.91 Å². The number of amides is 1. The van der Waals surface area contributed by atoms with Crippen LogP contribution in [0.1, 0.15) is 23.6 Å². The Balaban J connectivity index is 0.00000256. The van der Waals surface area contributed by atoms with Crippen LogP contribution in [-0.2, 0) is 11.2 Å². The van der Waals surface area contributed by atoms with Crippen LogP contribution in [0.5, 0.6) is 0 Å². The number of benzene rings is 1. The van der Waals surface area contributed by atoms with Crippen LogP contribution < -0.4 is 11.1 Å². The van der Waals surface area contributed by atoms with Gasteiger partial charge in [0.25, 0.3) is 0 Å². The summed E-state index contributed by atoms with van der Waals surface area (Å²) >= 11 is 0. The van der Waals surface area contributed by atoms with Crippen molar-refractivity contribution < 1.29 is 4.79 Å². The Hall–Kier alpha value is -1.06. The van der Waals surface area contributed by atoms with E-state index in [1.54, 1.807) is 6.92 Å². The van der Waals surface area contributed by atoms with Gasteiger partial charge in [-0.25, -0.2) is 0 Å². The zero-order valence-electron chi connectivity index (χ0n) is 10.6. The van der Waals surface area contributed by atoms with Crippen LogP contribution in [0.4, 0.5) is 0 Å². The van der Waals surface area contributed by atoms with Gasteiger partial charge in [-0.05, 0) is 38.3 Å². The highest BCUT2D eigenvalue weighted by molar-refractivity contribution is 5.85. The molecule has 0 fully saturated rings. The summed E-state index contributed by atoms with van der Waals surface area (Å²) in [6.07, 6.45) is 0.852. The number of hydrogen-bond donors (Lipinski definition) is 2. The third kappa shape index (κ3) is 5.20. The van der Waals surface area contributed by atoms with Gasteiger partial charge in [-0.15, -0.1) is 12.4 Å². The van der Waals surface area contributed by atoms with E-state index in [0.29, 0.717) is 6.54 Å². The third-order valence-corrected chi connectivity index (χ3v) is 2.61. The van der Waals surface area contributed by atoms with Crippen molar-refractivity contribution >= 4 is 18.3 Å². The van der Waals surface area contributed by atoms with Crippen LogP contribution in [0.25, 0.3) is 0 Å². The lowest BCUT2D eigenvalue weighted by molar-refractivity contribution is -0.121. The second kappa shape index (κ2) is 7.30. The second-order valence-corrected chi connectivity index (χ2v) is 4.26. The fourth-order valence-corrected chi connectivity index (χ4v) is 1.61. The molecule has 96 valence electrons. The highest BCUT2D eigenvalue weighted by Crippen LogP contribution is 2.10. The van der Waals surface area contributed by atoms with Crippen molar-refractivity contribution in [2.75, 3.05) is 6.54 Å². The van der Waals surface area contributed by atoms with Crippen molar-refractivity contribution in [1.29, 1.82) is 0 Å². The van der Waals surface area contributed by atoms with E-state index in [0.717, 1.165) is 6.42 Å². The molecule has 1 atom stereocenters. The molecule has 0 unspecified atom stereocenters. The summed E-state index contributed by atoms with van der Waals surface area (Å²) in [4.78, 5) is 11.2. The van der Waals surface area contributed by atoms with Crippen molar-refractivity contribution in [2.24, 2.45) is 5.73 Å². The fraction of sp³-hybridized carbons (Fsp3) is 0.462. The molecule has 3 N–H and O–H groups in total. The topological polar surface area (TPSA) is 55.1 Å². The van der Waals surface area contributed by atoms with Gasteiger partial charge in [-0.2, -0.15) is 0 Å². The number of halogens is 1. The minimum atomic E-state index is -0.431. The largest absolute Gasteiger partial charge is 0.354 e. The highest BCUT2D eigenvalue weighted by Gasteiger charge is 2.06. The van der Waals surface area contributed by atoms with Gasteiger partial charge in [-0.1, -0.05) is 23.8 Å². The minimum Gasteiger partial charge on any atom is -0.354 e. The summed E-state index contributed by atoms with van der Waals surface area (Å²) < 4.78 is 0. The first kappa shape index (κ1) is 15.9. The molecule has 0 saturated carbocycles. The van der Waals surface area contributed by atoms with Gasteiger partial charge in [0.1, 0.15) is 0 Å². The van der Waals surface area contributed by atoms with E-state index in [-0.39, 0.29) is 18.3 Å². The molecule has 0 aliphatic rings. The smallest absolute Gasteiger partial charge is 0.236 e. The number of aryl methyl sites for hydroxylation is 2. The Morgan fingerprint density at radius 3 is 2.59 bits per heavy atom. The number of hydrogen-bond acceptors (Lipinski definition) is 2. The van der Waals surface area contributed by atoms with E-state index in [9.17, 15) is 4.79 Å². The lowest BCUT2D eigenvalue weighted by Gasteiger charge is -2.09. The quantitative estimate of drug-likeness (QED) is 0.862. The average Bonchev–Trinajstić information content (AvgIpc) is 2.20. The molecule has 1 amide bonds. The first-order valence-electron chi connectivity index (χ1n) is 5.60. The van der Waals surface area contributed by atoms with E-state index in [1.807, 2.05) is 0 Å². The normalized spacial score (nSPS) is 11.5. The van der Waals surface area contributed by atoms with Crippen molar-refractivity contribution in [3.8, 4) is 0 Å². The first-order valence-corrected chi connectivity index (χ1v) is 5.60. The molecule has 0 aliphatic carbocycles. The van der Waals surface area contributed by atoms with Crippen molar-refractivity contribution in [2.45, 2.75) is 33.2 Å². The van der Waals surface area contributed by atoms with Crippen LogP contribution in [-0.4, -0.2) is 18.5 Å². The van der Waals surface area contributed by atoms with Gasteiger partial charge in [0, 0.05) is 6.54 Å². The predicted octanol–water partition coefficient (Wildman–Crippen LogP) is 1.73. The van der Waals surface area contributed by atoms with E-state index >= 15 is 0 Å². The zero-order valence-corrected chi connectivity index (χ0v) is 11.4. The zero-order chi connectivity index (χ0) is 12.1. The summed E-state index contributed by atoms with van der Waals surface area (Å²) in [5.74, 6) is -0.0928. The highest BCUT2D eigenvalue weighted by atomic mass is 35.5. The van der Waals surface area contributed by atoms with Gasteiger partial charge >= 0.3 is 0 Å². The maximum atomic E-state index is 11.2. The van der Waals surface area contributed by atoms with Crippen LogP contribution in [0.3, 0.4) is 0 Å². The number of carbonyl (C=O) groups excluding carboxylic acids is 1. The third-order valence-electron chi connectivity index (χ3n) is 2.61. The molecule has 1 aromatic carbocycles. The Morgan fingerprint density at radius 1 is 1.41 bits per heavy atom. The lowest BCUT2D eigenvalue weighted by Crippen LogP contribution is -2.39. The van der Waals surface area contributed by atoms with E-state index in [1.165, 1.54) is 16.7 Å². The van der Waals surface area contributed by atoms with E-state index < -0.39 is 6.04 Å². The Morgan fingerprint density at radius 2 is 2.06 bits per heavy atom. The maximum absolute atomic E-state index is 11.2. The molecule has 0 saturated heterocycles. The van der Waals surface area contributed by atoms with Gasteiger partial charge < -0.3 is 11.1 Å². The first-order chi connectivity index (χ1) is 7.50. The molecule has 0 radical (unpaired) electrons. The number of nitrogens with two attached hydrogens (primary N) is 1. The molecule has 1 aromatic rings. The number of nitrogens with one attached hydrogen (secondary N) is 1. The molecule has 4 heteroatoms. The molecule has 0 bridgehead atoms. The van der Waals surface area contributed by atoms with Gasteiger partial charge in [-0.3, -0.25) is 4.79 Å². The molecule has 0 heterocycles. The van der Waals surface area contributed by atoms with Gasteiger partial charge in [0.05, 0.1) is 6.04 Å². The Kier molecular flexibility index (Phi) is 6.85. The molecule has 1 rings (SSSR count). The van der Waals surface area contributed by atoms with Crippen molar-refractivity contribution in [1.82, 2.24) is 5.32 Å². The average molecular weight is 257 g/mol. The maximum Gasteiger partial charge on any atom is 0.236 e. The SMILES string of the molecule is Cc1ccc(CCNC(=O)[C@@H](C)N)c(C)c1.Cl. The molecular weight excluding hydrogens is 236 g/mol. The standard InChI is InChI=1S/C13H20N2O.ClH/c1-9-4-5-12(10(2)8-9)6-7-15-13(16)11(3)14;/h4-5,8,11H,6-7,14H2,1-3H3,(H,15,16);1H/t11-;/m1./s1. The molecular formula is C13H21ClN2O. The van der Waals surface area contributed by atoms with E-state index in [4.69, 9.17) is 5.73 Å². The summed E-state index contributed by atoms with van der Waals surface area (Å²) in [7, 11) is 0. The van der Waals surface area contributed by atoms with Crippen LogP contribution in [0.2, 0.25) is 0 Å². The second-order valence-electron chi connectivity index (χ2n) is 4.26. The Labute approximate surface area is 109 Å². The summed E-state index contributed by atoms with van der Waals surface area (Å²) in [5, 5.41) is 2.81. The van der Waals surface area contributed by atoms with E-state index in [2.05, 4.69) is 37.4 Å². The van der Waals surface area contributed by atoms with Crippen LogP contribution >= 0.6 is 12.4 Å². The molecule has 0 spiro atoms. The number of rotatable bonds is 4. The summed E-state index contributed by atoms with van der Waals surface area (Å²) in [6.45, 7) is 6.50. The molecule has 0 aromatic heterocycles. The summed E-state index contributed by atoms with van der Waals surface area (Å²) in [6, 6.07) is 5.93. The molecule has 17 heavy (non-hydrogen) atoms.